The van der Waals surface area contributed by atoms with Gasteiger partial charge >= 0.3 is 13.1 Å². The molecule has 0 amide bonds. The Bertz CT molecular complexity index is 698. The topological polar surface area (TPSA) is 74.7 Å². The molecule has 1 aromatic rings. The standard InChI is InChI=1S/C17H24BNO5S2/c1-7-22-15(21)14-13(26-10-19-14)8-12(9-25-11(2)20)18-23-16(3,4)17(5,6)24-18/h8,10H,7,9H2,1-6H3. The van der Waals surface area contributed by atoms with Crippen LogP contribution in [0.3, 0.4) is 0 Å². The molecule has 0 atom stereocenters. The van der Waals surface area contributed by atoms with E-state index in [1.54, 1.807) is 12.4 Å². The van der Waals surface area contributed by atoms with Gasteiger partial charge in [0.2, 0.25) is 0 Å². The van der Waals surface area contributed by atoms with Crippen molar-refractivity contribution in [3.8, 4) is 0 Å². The van der Waals surface area contributed by atoms with Crippen LogP contribution < -0.4 is 0 Å². The van der Waals surface area contributed by atoms with Crippen LogP contribution in [0, 0.1) is 0 Å². The number of aromatic nitrogens is 1. The van der Waals surface area contributed by atoms with Gasteiger partial charge in [-0.3, -0.25) is 4.79 Å². The Morgan fingerprint density at radius 1 is 1.31 bits per heavy atom. The molecule has 142 valence electrons. The first-order chi connectivity index (χ1) is 12.1. The van der Waals surface area contributed by atoms with E-state index in [1.165, 1.54) is 30.0 Å². The molecule has 9 heteroatoms. The molecule has 0 N–H and O–H groups in total. The van der Waals surface area contributed by atoms with E-state index < -0.39 is 24.3 Å². The van der Waals surface area contributed by atoms with Crippen molar-refractivity contribution in [2.75, 3.05) is 12.4 Å². The molecule has 2 rings (SSSR count). The largest absolute Gasteiger partial charge is 0.491 e. The second-order valence-electron chi connectivity index (χ2n) is 6.87. The van der Waals surface area contributed by atoms with E-state index in [9.17, 15) is 9.59 Å². The zero-order chi connectivity index (χ0) is 19.5. The van der Waals surface area contributed by atoms with Gasteiger partial charge in [-0.05, 0) is 46.2 Å². The normalized spacial score (nSPS) is 18.8. The van der Waals surface area contributed by atoms with Crippen LogP contribution in [0.5, 0.6) is 0 Å². The lowest BCUT2D eigenvalue weighted by molar-refractivity contribution is -0.109. The van der Waals surface area contributed by atoms with Crippen LogP contribution >= 0.6 is 23.1 Å². The number of carbonyl (C=O) groups is 2. The average Bonchev–Trinajstić information content (AvgIpc) is 3.06. The van der Waals surface area contributed by atoms with Gasteiger partial charge in [0.25, 0.3) is 0 Å². The molecular weight excluding hydrogens is 373 g/mol. The Morgan fingerprint density at radius 3 is 2.46 bits per heavy atom. The Hall–Kier alpha value is -1.16. The van der Waals surface area contributed by atoms with Crippen molar-refractivity contribution in [1.29, 1.82) is 0 Å². The highest BCUT2D eigenvalue weighted by molar-refractivity contribution is 8.13. The molecule has 1 aromatic heterocycles. The summed E-state index contributed by atoms with van der Waals surface area (Å²) in [5.74, 6) is -0.0562. The molecule has 6 nitrogen and oxygen atoms in total. The average molecular weight is 397 g/mol. The fraction of sp³-hybridized carbons (Fsp3) is 0.588. The molecule has 0 unspecified atom stereocenters. The molecule has 0 aliphatic carbocycles. The third-order valence-electron chi connectivity index (χ3n) is 4.38. The summed E-state index contributed by atoms with van der Waals surface area (Å²) >= 11 is 2.50. The van der Waals surface area contributed by atoms with Gasteiger partial charge in [0, 0.05) is 12.7 Å². The van der Waals surface area contributed by atoms with Gasteiger partial charge < -0.3 is 14.0 Å². The maximum Gasteiger partial charge on any atom is 0.491 e. The summed E-state index contributed by atoms with van der Waals surface area (Å²) in [5, 5.41) is 0.00216. The number of hydrogen-bond donors (Lipinski definition) is 0. The molecular formula is C17H24BNO5S2. The number of hydrogen-bond acceptors (Lipinski definition) is 8. The van der Waals surface area contributed by atoms with Crippen LogP contribution in [-0.2, 0) is 18.8 Å². The van der Waals surface area contributed by atoms with E-state index in [2.05, 4.69) is 4.98 Å². The molecule has 1 aliphatic heterocycles. The van der Waals surface area contributed by atoms with Gasteiger partial charge in [0.05, 0.1) is 28.2 Å². The second-order valence-corrected chi connectivity index (χ2v) is 8.91. The van der Waals surface area contributed by atoms with Crippen LogP contribution in [0.1, 0.15) is 56.9 Å². The molecule has 1 aliphatic rings. The second kappa shape index (κ2) is 8.25. The molecule has 0 saturated carbocycles. The molecule has 0 radical (unpaired) electrons. The summed E-state index contributed by atoms with van der Waals surface area (Å²) < 4.78 is 17.3. The quantitative estimate of drug-likeness (QED) is 0.536. The minimum absolute atomic E-state index is 0.00216. The molecule has 1 fully saturated rings. The van der Waals surface area contributed by atoms with Crippen molar-refractivity contribution in [1.82, 2.24) is 4.98 Å². The summed E-state index contributed by atoms with van der Waals surface area (Å²) in [7, 11) is -0.594. The molecule has 2 heterocycles. The molecule has 0 spiro atoms. The molecule has 1 saturated heterocycles. The first-order valence-electron chi connectivity index (χ1n) is 8.37. The number of ether oxygens (including phenoxy) is 1. The van der Waals surface area contributed by atoms with Gasteiger partial charge in [-0.25, -0.2) is 9.78 Å². The van der Waals surface area contributed by atoms with Crippen molar-refractivity contribution in [2.45, 2.75) is 52.7 Å². The van der Waals surface area contributed by atoms with Crippen LogP contribution in [-0.4, -0.2) is 46.7 Å². The highest BCUT2D eigenvalue weighted by Crippen LogP contribution is 2.39. The van der Waals surface area contributed by atoms with E-state index in [-0.39, 0.29) is 17.4 Å². The van der Waals surface area contributed by atoms with Crippen molar-refractivity contribution >= 4 is 47.4 Å². The first kappa shape index (κ1) is 21.1. The Morgan fingerprint density at radius 2 is 1.92 bits per heavy atom. The summed E-state index contributed by atoms with van der Waals surface area (Å²) in [6.45, 7) is 11.4. The highest BCUT2D eigenvalue weighted by Gasteiger charge is 2.52. The lowest BCUT2D eigenvalue weighted by Crippen LogP contribution is -2.41. The Kier molecular flexibility index (Phi) is 6.71. The zero-order valence-electron chi connectivity index (χ0n) is 16.0. The number of thiazole rings is 1. The lowest BCUT2D eigenvalue weighted by Gasteiger charge is -2.32. The molecule has 0 aromatic carbocycles. The van der Waals surface area contributed by atoms with E-state index in [0.717, 1.165) is 5.47 Å². The number of nitrogens with zero attached hydrogens (tertiary/aromatic N) is 1. The van der Waals surface area contributed by atoms with E-state index >= 15 is 0 Å². The number of esters is 1. The Labute approximate surface area is 162 Å². The summed E-state index contributed by atoms with van der Waals surface area (Å²) in [6, 6.07) is 0. The zero-order valence-corrected chi connectivity index (χ0v) is 17.6. The van der Waals surface area contributed by atoms with E-state index in [4.69, 9.17) is 14.0 Å². The third-order valence-corrected chi connectivity index (χ3v) is 6.04. The van der Waals surface area contributed by atoms with Crippen LogP contribution in [0.15, 0.2) is 11.0 Å². The maximum absolute atomic E-state index is 12.1. The van der Waals surface area contributed by atoms with E-state index in [0.29, 0.717) is 10.6 Å². The van der Waals surface area contributed by atoms with Crippen molar-refractivity contribution < 1.29 is 23.6 Å². The lowest BCUT2D eigenvalue weighted by atomic mass is 9.79. The minimum Gasteiger partial charge on any atom is -0.461 e. The van der Waals surface area contributed by atoms with Gasteiger partial charge in [-0.2, -0.15) is 0 Å². The summed E-state index contributed by atoms with van der Waals surface area (Å²) in [5.41, 5.74) is 1.65. The fourth-order valence-electron chi connectivity index (χ4n) is 2.24. The minimum atomic E-state index is -0.594. The predicted octanol–water partition coefficient (Wildman–Crippen LogP) is 3.61. The number of thioether (sulfide) groups is 1. The van der Waals surface area contributed by atoms with Gasteiger partial charge in [-0.1, -0.05) is 11.8 Å². The number of rotatable bonds is 6. The highest BCUT2D eigenvalue weighted by atomic mass is 32.2. The van der Waals surface area contributed by atoms with Crippen LogP contribution in [0.2, 0.25) is 0 Å². The van der Waals surface area contributed by atoms with Crippen molar-refractivity contribution in [2.24, 2.45) is 0 Å². The monoisotopic (exact) mass is 397 g/mol. The SMILES string of the molecule is CCOC(=O)c1ncsc1C=C(CSC(C)=O)B1OC(C)(C)C(C)(C)O1. The third kappa shape index (κ3) is 4.76. The van der Waals surface area contributed by atoms with Gasteiger partial charge in [0.1, 0.15) is 0 Å². The fourth-order valence-corrected chi connectivity index (χ4v) is 3.56. The molecule has 26 heavy (non-hydrogen) atoms. The Balaban J connectivity index is 2.34. The maximum atomic E-state index is 12.1. The smallest absolute Gasteiger partial charge is 0.461 e. The first-order valence-corrected chi connectivity index (χ1v) is 10.2. The summed E-state index contributed by atoms with van der Waals surface area (Å²) in [6.07, 6.45) is 1.82. The van der Waals surface area contributed by atoms with Crippen molar-refractivity contribution in [3.05, 3.63) is 21.6 Å². The molecule has 0 bridgehead atoms. The summed E-state index contributed by atoms with van der Waals surface area (Å²) in [4.78, 5) is 28.3. The predicted molar refractivity (Wildman–Crippen MR) is 105 cm³/mol. The van der Waals surface area contributed by atoms with E-state index in [1.807, 2.05) is 33.8 Å². The van der Waals surface area contributed by atoms with Crippen molar-refractivity contribution in [3.63, 3.8) is 0 Å². The van der Waals surface area contributed by atoms with Crippen LogP contribution in [0.4, 0.5) is 0 Å². The van der Waals surface area contributed by atoms with Gasteiger partial charge in [0.15, 0.2) is 10.8 Å². The van der Waals surface area contributed by atoms with Gasteiger partial charge in [-0.15, -0.1) is 11.3 Å². The number of carbonyl (C=O) groups excluding carboxylic acids is 2. The van der Waals surface area contributed by atoms with Crippen LogP contribution in [0.25, 0.3) is 6.08 Å².